The average molecular weight is 795 g/mol. The normalized spacial score (nSPS) is 17.8. The van der Waals surface area contributed by atoms with E-state index >= 15 is 8.78 Å². The summed E-state index contributed by atoms with van der Waals surface area (Å²) in [6.07, 6.45) is -5.72. The number of nitrogens with zero attached hydrogens (tertiary/aromatic N) is 3. The lowest BCUT2D eigenvalue weighted by atomic mass is 9.86. The maximum absolute atomic E-state index is 15.1. The fourth-order valence-electron chi connectivity index (χ4n) is 6.79. The number of hydrogen-bond donors (Lipinski definition) is 3. The van der Waals surface area contributed by atoms with E-state index in [2.05, 4.69) is 10.4 Å². The van der Waals surface area contributed by atoms with Gasteiger partial charge >= 0.3 is 0 Å². The van der Waals surface area contributed by atoms with Gasteiger partial charge in [0, 0.05) is 24.5 Å². The van der Waals surface area contributed by atoms with E-state index in [0.717, 1.165) is 36.4 Å². The summed E-state index contributed by atoms with van der Waals surface area (Å²) in [4.78, 5) is 42.4. The maximum Gasteiger partial charge on any atom is 0.290 e. The molecule has 0 spiro atoms. The molecule has 2 atom stereocenters. The standard InChI is InChI=1S/C37H28F10N6O3/c38-19-9-16(10-20(39)14-19)11-27(50-28(54)15-53-32-29(31(52-53)33(42)43)36(44,45)7-8-37(32,46)47)30-21(17-1-4-24(40)22(12-17)34(48)55)3-6-26(51-30)18-2-5-25(41)23(13-18)35(49)56/h1-5,9-10,12-14,26-27,33H,6-8,11,15H2,(H2,48,55)(H2,49,56)(H,50,54). The Labute approximate surface area is 310 Å². The highest BCUT2D eigenvalue weighted by Crippen LogP contribution is 2.52. The fraction of sp³-hybridized carbons (Fsp3) is 0.270. The quantitative estimate of drug-likeness (QED) is 0.141. The molecule has 2 unspecified atom stereocenters. The number of hydrogen-bond acceptors (Lipinski definition) is 5. The van der Waals surface area contributed by atoms with E-state index < -0.39 is 125 Å². The SMILES string of the molecule is NC(=O)c1cc(C2=CCC(c3ccc(F)c(C(N)=O)c3)N=C2C(Cc2cc(F)cc(F)c2)NC(=O)Cn2nc(C(F)F)c3c2C(F)(F)CCC3(F)F)ccc1F. The first-order valence-electron chi connectivity index (χ1n) is 16.6. The summed E-state index contributed by atoms with van der Waals surface area (Å²) in [5.41, 5.74) is 4.71. The number of aromatic nitrogens is 2. The van der Waals surface area contributed by atoms with Crippen molar-refractivity contribution in [2.24, 2.45) is 16.5 Å². The van der Waals surface area contributed by atoms with E-state index in [9.17, 15) is 49.5 Å². The van der Waals surface area contributed by atoms with Crippen molar-refractivity contribution >= 4 is 29.0 Å². The summed E-state index contributed by atoms with van der Waals surface area (Å²) in [6, 6.07) is 6.24. The van der Waals surface area contributed by atoms with Gasteiger partial charge in [-0.2, -0.15) is 13.9 Å². The van der Waals surface area contributed by atoms with Gasteiger partial charge in [0.05, 0.1) is 34.5 Å². The van der Waals surface area contributed by atoms with Gasteiger partial charge < -0.3 is 16.8 Å². The van der Waals surface area contributed by atoms with E-state index in [-0.39, 0.29) is 39.1 Å². The highest BCUT2D eigenvalue weighted by atomic mass is 19.3. The third-order valence-corrected chi connectivity index (χ3v) is 9.27. The van der Waals surface area contributed by atoms with Crippen molar-refractivity contribution in [3.8, 4) is 0 Å². The molecule has 294 valence electrons. The lowest BCUT2D eigenvalue weighted by Gasteiger charge is -2.30. The number of nitrogens with one attached hydrogen (secondary N) is 1. The van der Waals surface area contributed by atoms with Crippen LogP contribution in [0.1, 0.15) is 86.1 Å². The summed E-state index contributed by atoms with van der Waals surface area (Å²) in [7, 11) is 0. The molecule has 5 N–H and O–H groups in total. The zero-order valence-corrected chi connectivity index (χ0v) is 28.5. The molecule has 0 radical (unpaired) electrons. The number of nitrogens with two attached hydrogens (primary N) is 2. The molecule has 4 aromatic rings. The molecule has 19 heteroatoms. The molecular weight excluding hydrogens is 766 g/mol. The van der Waals surface area contributed by atoms with Crippen LogP contribution in [0.5, 0.6) is 0 Å². The van der Waals surface area contributed by atoms with Gasteiger partial charge in [0.15, 0.2) is 0 Å². The molecule has 1 aliphatic carbocycles. The molecule has 2 aliphatic rings. The van der Waals surface area contributed by atoms with Crippen LogP contribution in [0.25, 0.3) is 5.57 Å². The molecule has 1 aliphatic heterocycles. The van der Waals surface area contributed by atoms with Crippen LogP contribution < -0.4 is 16.8 Å². The van der Waals surface area contributed by atoms with Crippen LogP contribution in [0, 0.1) is 23.3 Å². The van der Waals surface area contributed by atoms with Gasteiger partial charge in [-0.1, -0.05) is 18.2 Å². The number of rotatable bonds is 11. The number of primary amides is 2. The molecule has 56 heavy (non-hydrogen) atoms. The van der Waals surface area contributed by atoms with Crippen LogP contribution in [-0.2, 0) is 29.6 Å². The minimum Gasteiger partial charge on any atom is -0.366 e. The topological polar surface area (TPSA) is 145 Å². The van der Waals surface area contributed by atoms with Crippen LogP contribution in [0.15, 0.2) is 65.7 Å². The monoisotopic (exact) mass is 794 g/mol. The Kier molecular flexibility index (Phi) is 10.6. The molecule has 0 saturated heterocycles. The van der Waals surface area contributed by atoms with E-state index in [0.29, 0.717) is 6.07 Å². The Morgan fingerprint density at radius 1 is 0.839 bits per heavy atom. The van der Waals surface area contributed by atoms with Crippen LogP contribution in [0.3, 0.4) is 0 Å². The van der Waals surface area contributed by atoms with Crippen LogP contribution >= 0.6 is 0 Å². The second-order valence-corrected chi connectivity index (χ2v) is 13.1. The number of halogens is 10. The molecule has 0 saturated carbocycles. The van der Waals surface area contributed by atoms with E-state index in [1.54, 1.807) is 0 Å². The number of aliphatic imine (C=N–C) groups is 1. The maximum atomic E-state index is 15.1. The Morgan fingerprint density at radius 2 is 1.45 bits per heavy atom. The first kappa shape index (κ1) is 39.7. The Bertz CT molecular complexity index is 2300. The van der Waals surface area contributed by atoms with E-state index in [1.165, 1.54) is 18.2 Å². The minimum absolute atomic E-state index is 0.0274. The number of benzene rings is 3. The average Bonchev–Trinajstić information content (AvgIpc) is 3.52. The molecule has 0 fully saturated rings. The third kappa shape index (κ3) is 7.88. The van der Waals surface area contributed by atoms with Crippen LogP contribution in [0.4, 0.5) is 43.9 Å². The highest BCUT2D eigenvalue weighted by Gasteiger charge is 2.55. The molecule has 3 amide bonds. The summed E-state index contributed by atoms with van der Waals surface area (Å²) < 4.78 is 146. The fourth-order valence-corrected chi connectivity index (χ4v) is 6.79. The van der Waals surface area contributed by atoms with Gasteiger partial charge in [0.2, 0.25) is 5.91 Å². The second kappa shape index (κ2) is 14.9. The molecule has 1 aromatic heterocycles. The van der Waals surface area contributed by atoms with Crippen molar-refractivity contribution in [1.82, 2.24) is 15.1 Å². The second-order valence-electron chi connectivity index (χ2n) is 13.1. The number of amides is 3. The van der Waals surface area contributed by atoms with E-state index in [4.69, 9.17) is 16.5 Å². The van der Waals surface area contributed by atoms with Crippen molar-refractivity contribution in [1.29, 1.82) is 0 Å². The van der Waals surface area contributed by atoms with Crippen molar-refractivity contribution in [3.05, 3.63) is 129 Å². The zero-order valence-electron chi connectivity index (χ0n) is 28.5. The van der Waals surface area contributed by atoms with E-state index in [1.807, 2.05) is 0 Å². The number of carbonyl (C=O) groups is 3. The Morgan fingerprint density at radius 3 is 2.07 bits per heavy atom. The minimum atomic E-state index is -4.14. The molecular formula is C37H28F10N6O3. The van der Waals surface area contributed by atoms with Crippen LogP contribution in [0.2, 0.25) is 0 Å². The van der Waals surface area contributed by atoms with Gasteiger partial charge in [-0.05, 0) is 65.9 Å². The van der Waals surface area contributed by atoms with Gasteiger partial charge in [0.1, 0.15) is 41.2 Å². The predicted molar refractivity (Wildman–Crippen MR) is 179 cm³/mol. The van der Waals surface area contributed by atoms with Crippen molar-refractivity contribution in [2.45, 2.75) is 62.6 Å². The number of alkyl halides is 6. The summed E-state index contributed by atoms with van der Waals surface area (Å²) >= 11 is 0. The van der Waals surface area contributed by atoms with Gasteiger partial charge in [0.25, 0.3) is 30.1 Å². The number of dihydropyridines is 1. The number of carbonyl (C=O) groups excluding carboxylic acids is 3. The molecule has 9 nitrogen and oxygen atoms in total. The largest absolute Gasteiger partial charge is 0.366 e. The Hall–Kier alpha value is -6.01. The number of fused-ring (bicyclic) bond motifs is 1. The predicted octanol–water partition coefficient (Wildman–Crippen LogP) is 6.95. The molecule has 6 rings (SSSR count). The van der Waals surface area contributed by atoms with Gasteiger partial charge in [-0.25, -0.2) is 35.1 Å². The first-order valence-corrected chi connectivity index (χ1v) is 16.6. The van der Waals surface area contributed by atoms with Crippen LogP contribution in [-0.4, -0.2) is 39.3 Å². The lowest BCUT2D eigenvalue weighted by Crippen LogP contribution is -2.45. The molecule has 0 bridgehead atoms. The van der Waals surface area contributed by atoms with Crippen molar-refractivity contribution in [2.75, 3.05) is 0 Å². The molecule has 2 heterocycles. The van der Waals surface area contributed by atoms with Gasteiger partial charge in [-0.3, -0.25) is 24.1 Å². The lowest BCUT2D eigenvalue weighted by molar-refractivity contribution is -0.123. The summed E-state index contributed by atoms with van der Waals surface area (Å²) in [5, 5.41) is 5.72. The summed E-state index contributed by atoms with van der Waals surface area (Å²) in [6.45, 7) is -1.33. The Balaban J connectivity index is 1.48. The van der Waals surface area contributed by atoms with Gasteiger partial charge in [-0.15, -0.1) is 0 Å². The summed E-state index contributed by atoms with van der Waals surface area (Å²) in [5.74, 6) is -15.9. The zero-order chi connectivity index (χ0) is 40.9. The van der Waals surface area contributed by atoms with Crippen molar-refractivity contribution in [3.63, 3.8) is 0 Å². The first-order chi connectivity index (χ1) is 26.2. The third-order valence-electron chi connectivity index (χ3n) is 9.27. The highest BCUT2D eigenvalue weighted by molar-refractivity contribution is 6.27. The smallest absolute Gasteiger partial charge is 0.290 e. The van der Waals surface area contributed by atoms with Crippen molar-refractivity contribution < 1.29 is 58.3 Å². The molecule has 3 aromatic carbocycles.